The molecule has 0 aliphatic carbocycles. The minimum atomic E-state index is -0.390. The molecule has 0 aliphatic heterocycles. The molecule has 2 N–H and O–H groups in total. The van der Waals surface area contributed by atoms with Crippen LogP contribution >= 0.6 is 0 Å². The monoisotopic (exact) mass is 469 g/mol. The Morgan fingerprint density at radius 1 is 0.943 bits per heavy atom. The van der Waals surface area contributed by atoms with E-state index in [1.807, 2.05) is 24.3 Å². The predicted octanol–water partition coefficient (Wildman–Crippen LogP) is 5.01. The zero-order valence-corrected chi connectivity index (χ0v) is 19.5. The third-order valence-corrected chi connectivity index (χ3v) is 5.34. The number of hydrogen-bond acceptors (Lipinski definition) is 6. The Kier molecular flexibility index (Phi) is 7.96. The molecule has 35 heavy (non-hydrogen) atoms. The first-order chi connectivity index (χ1) is 17.1. The fourth-order valence-electron chi connectivity index (χ4n) is 3.59. The van der Waals surface area contributed by atoms with Crippen molar-refractivity contribution in [3.63, 3.8) is 0 Å². The standard InChI is InChI=1S/C27H27N5O3/c1-2-35-26(33)21-13-8-12-20(17-21)23-18-29-22-14-15-24(31-25(22)30-23)32-27(34)28-16-7-6-11-19-9-4-3-5-10-19/h3-5,8-10,12-15,17-18H,2,6-7,11,16H2,1H3,(H2,28,30,31,32,34). The first-order valence-corrected chi connectivity index (χ1v) is 11.6. The summed E-state index contributed by atoms with van der Waals surface area (Å²) < 4.78 is 5.07. The van der Waals surface area contributed by atoms with E-state index in [9.17, 15) is 9.59 Å². The summed E-state index contributed by atoms with van der Waals surface area (Å²) in [5, 5.41) is 5.61. The Balaban J connectivity index is 1.36. The summed E-state index contributed by atoms with van der Waals surface area (Å²) >= 11 is 0. The van der Waals surface area contributed by atoms with Gasteiger partial charge in [0.05, 0.1) is 24.1 Å². The molecule has 0 spiro atoms. The molecule has 0 atom stereocenters. The smallest absolute Gasteiger partial charge is 0.338 e. The number of hydrogen-bond donors (Lipinski definition) is 2. The van der Waals surface area contributed by atoms with Crippen molar-refractivity contribution in [1.29, 1.82) is 0 Å². The molecule has 0 unspecified atom stereocenters. The van der Waals surface area contributed by atoms with Gasteiger partial charge in [-0.05, 0) is 56.0 Å². The Morgan fingerprint density at radius 2 is 1.80 bits per heavy atom. The number of nitrogens with zero attached hydrogens (tertiary/aromatic N) is 3. The molecule has 0 bridgehead atoms. The van der Waals surface area contributed by atoms with Crippen molar-refractivity contribution in [2.75, 3.05) is 18.5 Å². The lowest BCUT2D eigenvalue weighted by atomic mass is 10.1. The Bertz CT molecular complexity index is 1310. The third-order valence-electron chi connectivity index (χ3n) is 5.34. The Labute approximate surface area is 203 Å². The van der Waals surface area contributed by atoms with E-state index < -0.39 is 5.97 Å². The maximum absolute atomic E-state index is 12.3. The number of unbranched alkanes of at least 4 members (excludes halogenated alkanes) is 1. The number of aromatic nitrogens is 3. The van der Waals surface area contributed by atoms with Crippen molar-refractivity contribution in [2.45, 2.75) is 26.2 Å². The van der Waals surface area contributed by atoms with Crippen molar-refractivity contribution >= 4 is 29.0 Å². The lowest BCUT2D eigenvalue weighted by Gasteiger charge is -2.08. The van der Waals surface area contributed by atoms with Gasteiger partial charge in [-0.2, -0.15) is 0 Å². The largest absolute Gasteiger partial charge is 0.462 e. The minimum absolute atomic E-state index is 0.305. The molecule has 2 aromatic heterocycles. The predicted molar refractivity (Wildman–Crippen MR) is 135 cm³/mol. The second kappa shape index (κ2) is 11.7. The summed E-state index contributed by atoms with van der Waals surface area (Å²) in [5.74, 6) is -0.00945. The van der Waals surface area contributed by atoms with E-state index in [0.29, 0.717) is 41.4 Å². The van der Waals surface area contributed by atoms with Gasteiger partial charge in [-0.1, -0.05) is 42.5 Å². The number of amides is 2. The van der Waals surface area contributed by atoms with Crippen molar-refractivity contribution in [1.82, 2.24) is 20.3 Å². The van der Waals surface area contributed by atoms with E-state index in [2.05, 4.69) is 37.7 Å². The number of aryl methyl sites for hydroxylation is 1. The van der Waals surface area contributed by atoms with Gasteiger partial charge in [-0.3, -0.25) is 10.3 Å². The number of carbonyl (C=O) groups excluding carboxylic acids is 2. The maximum Gasteiger partial charge on any atom is 0.338 e. The van der Waals surface area contributed by atoms with Crippen molar-refractivity contribution < 1.29 is 14.3 Å². The molecule has 178 valence electrons. The molecule has 4 aromatic rings. The fourth-order valence-corrected chi connectivity index (χ4v) is 3.59. The number of urea groups is 1. The van der Waals surface area contributed by atoms with Crippen molar-refractivity contribution in [3.8, 4) is 11.3 Å². The maximum atomic E-state index is 12.3. The van der Waals surface area contributed by atoms with Crippen LogP contribution < -0.4 is 10.6 Å². The summed E-state index contributed by atoms with van der Waals surface area (Å²) in [5.41, 5.74) is 4.02. The van der Waals surface area contributed by atoms with Crippen LogP contribution in [0, 0.1) is 0 Å². The summed E-state index contributed by atoms with van der Waals surface area (Å²) in [6.45, 7) is 2.65. The van der Waals surface area contributed by atoms with Crippen LogP contribution in [0.25, 0.3) is 22.4 Å². The molecule has 4 rings (SSSR count). The van der Waals surface area contributed by atoms with E-state index in [1.54, 1.807) is 43.5 Å². The van der Waals surface area contributed by atoms with E-state index in [1.165, 1.54) is 5.56 Å². The first-order valence-electron chi connectivity index (χ1n) is 11.6. The van der Waals surface area contributed by atoms with Gasteiger partial charge < -0.3 is 10.1 Å². The summed E-state index contributed by atoms with van der Waals surface area (Å²) in [6, 6.07) is 20.4. The fraction of sp³-hybridized carbons (Fsp3) is 0.222. The molecule has 8 nitrogen and oxygen atoms in total. The first kappa shape index (κ1) is 23.8. The van der Waals surface area contributed by atoms with E-state index in [0.717, 1.165) is 24.8 Å². The Morgan fingerprint density at radius 3 is 2.63 bits per heavy atom. The van der Waals surface area contributed by atoms with Gasteiger partial charge in [0.1, 0.15) is 11.3 Å². The third kappa shape index (κ3) is 6.60. The molecule has 0 fully saturated rings. The van der Waals surface area contributed by atoms with Gasteiger partial charge in [-0.15, -0.1) is 0 Å². The van der Waals surface area contributed by atoms with Gasteiger partial charge >= 0.3 is 12.0 Å². The second-order valence-electron chi connectivity index (χ2n) is 7.92. The minimum Gasteiger partial charge on any atom is -0.462 e. The highest BCUT2D eigenvalue weighted by molar-refractivity contribution is 5.91. The van der Waals surface area contributed by atoms with Gasteiger partial charge in [0.2, 0.25) is 0 Å². The average Bonchev–Trinajstić information content (AvgIpc) is 2.89. The molecule has 0 saturated heterocycles. The summed E-state index contributed by atoms with van der Waals surface area (Å²) in [4.78, 5) is 37.8. The lowest BCUT2D eigenvalue weighted by Crippen LogP contribution is -2.29. The molecule has 0 radical (unpaired) electrons. The Hall–Kier alpha value is -4.33. The number of ether oxygens (including phenoxy) is 1. The highest BCUT2D eigenvalue weighted by atomic mass is 16.5. The SMILES string of the molecule is CCOC(=O)c1cccc(-c2cnc3ccc(NC(=O)NCCCCc4ccccc4)nc3n2)c1. The number of carbonyl (C=O) groups is 2. The molecule has 2 amide bonds. The van der Waals surface area contributed by atoms with Crippen molar-refractivity contribution in [3.05, 3.63) is 84.1 Å². The average molecular weight is 470 g/mol. The van der Waals surface area contributed by atoms with Gasteiger partial charge in [0.15, 0.2) is 5.65 Å². The zero-order valence-electron chi connectivity index (χ0n) is 19.5. The molecule has 8 heteroatoms. The molecule has 2 aromatic carbocycles. The van der Waals surface area contributed by atoms with Crippen LogP contribution in [0.5, 0.6) is 0 Å². The van der Waals surface area contributed by atoms with Gasteiger partial charge in [-0.25, -0.2) is 19.6 Å². The van der Waals surface area contributed by atoms with E-state index in [4.69, 9.17) is 4.74 Å². The van der Waals surface area contributed by atoms with Gasteiger partial charge in [0, 0.05) is 12.1 Å². The normalized spacial score (nSPS) is 10.7. The van der Waals surface area contributed by atoms with Crippen molar-refractivity contribution in [2.24, 2.45) is 0 Å². The number of rotatable bonds is 9. The molecular weight excluding hydrogens is 442 g/mol. The number of esters is 1. The van der Waals surface area contributed by atoms with Crippen LogP contribution in [0.15, 0.2) is 72.9 Å². The molecular formula is C27H27N5O3. The highest BCUT2D eigenvalue weighted by Crippen LogP contribution is 2.21. The van der Waals surface area contributed by atoms with Crippen LogP contribution in [0.4, 0.5) is 10.6 Å². The molecule has 2 heterocycles. The number of fused-ring (bicyclic) bond motifs is 1. The van der Waals surface area contributed by atoms with Crippen LogP contribution in [-0.2, 0) is 11.2 Å². The van der Waals surface area contributed by atoms with Crippen LogP contribution in [0.1, 0.15) is 35.7 Å². The second-order valence-corrected chi connectivity index (χ2v) is 7.92. The lowest BCUT2D eigenvalue weighted by molar-refractivity contribution is 0.0526. The zero-order chi connectivity index (χ0) is 24.5. The topological polar surface area (TPSA) is 106 Å². The van der Waals surface area contributed by atoms with Crippen LogP contribution in [-0.4, -0.2) is 40.1 Å². The summed E-state index contributed by atoms with van der Waals surface area (Å²) in [6.07, 6.45) is 4.49. The van der Waals surface area contributed by atoms with Crippen LogP contribution in [0.3, 0.4) is 0 Å². The molecule has 0 aliphatic rings. The number of benzene rings is 2. The van der Waals surface area contributed by atoms with Crippen LogP contribution in [0.2, 0.25) is 0 Å². The van der Waals surface area contributed by atoms with E-state index in [-0.39, 0.29) is 6.03 Å². The number of anilines is 1. The van der Waals surface area contributed by atoms with E-state index >= 15 is 0 Å². The highest BCUT2D eigenvalue weighted by Gasteiger charge is 2.11. The number of pyridine rings is 1. The summed E-state index contributed by atoms with van der Waals surface area (Å²) in [7, 11) is 0. The number of nitrogens with one attached hydrogen (secondary N) is 2. The quantitative estimate of drug-likeness (QED) is 0.264. The van der Waals surface area contributed by atoms with Gasteiger partial charge in [0.25, 0.3) is 0 Å². The molecule has 0 saturated carbocycles.